The molecule has 2 rings (SSSR count). The molecule has 0 unspecified atom stereocenters. The van der Waals surface area contributed by atoms with Crippen molar-refractivity contribution in [2.24, 2.45) is 7.05 Å². The van der Waals surface area contributed by atoms with Gasteiger partial charge in [-0.3, -0.25) is 24.7 Å². The highest BCUT2D eigenvalue weighted by Gasteiger charge is 2.22. The number of carbonyl (C=O) groups is 1. The Bertz CT molecular complexity index is 609. The number of rotatable bonds is 4. The van der Waals surface area contributed by atoms with Crippen LogP contribution in [0.25, 0.3) is 0 Å². The highest BCUT2D eigenvalue weighted by atomic mass is 16.6. The van der Waals surface area contributed by atoms with Crippen LogP contribution in [0, 0.1) is 17.0 Å². The Morgan fingerprint density at radius 1 is 1.63 bits per heavy atom. The lowest BCUT2D eigenvalue weighted by Crippen LogP contribution is -2.24. The molecule has 0 atom stereocenters. The largest absolute Gasteiger partial charge is 0.345 e. The molecule has 0 aliphatic carbocycles. The van der Waals surface area contributed by atoms with E-state index in [0.29, 0.717) is 5.69 Å². The van der Waals surface area contributed by atoms with Crippen molar-refractivity contribution < 1.29 is 9.72 Å². The summed E-state index contributed by atoms with van der Waals surface area (Å²) in [6.07, 6.45) is 1.000. The van der Waals surface area contributed by atoms with Gasteiger partial charge in [0.25, 0.3) is 5.91 Å². The van der Waals surface area contributed by atoms with Gasteiger partial charge in [0.2, 0.25) is 5.69 Å². The first-order chi connectivity index (χ1) is 8.99. The summed E-state index contributed by atoms with van der Waals surface area (Å²) in [5.74, 6) is -0.590. The molecule has 1 amide bonds. The standard InChI is InChI=1S/C10H12N6O3/c1-6-3-7(14-15(6)2)4-11-10(17)9-8(16(18)19)5-12-13-9/h3,5H,4H2,1-2H3,(H,11,17)(H,12,13). The summed E-state index contributed by atoms with van der Waals surface area (Å²) < 4.78 is 1.68. The van der Waals surface area contributed by atoms with Gasteiger partial charge in [0.15, 0.2) is 0 Å². The minimum Gasteiger partial charge on any atom is -0.345 e. The van der Waals surface area contributed by atoms with Crippen molar-refractivity contribution in [1.82, 2.24) is 25.3 Å². The second-order valence-corrected chi connectivity index (χ2v) is 3.97. The first kappa shape index (κ1) is 12.7. The van der Waals surface area contributed by atoms with Crippen LogP contribution in [0.5, 0.6) is 0 Å². The fourth-order valence-electron chi connectivity index (χ4n) is 1.57. The minimum absolute atomic E-state index is 0.169. The maximum atomic E-state index is 11.8. The van der Waals surface area contributed by atoms with E-state index in [1.54, 1.807) is 11.7 Å². The van der Waals surface area contributed by atoms with Gasteiger partial charge in [-0.05, 0) is 13.0 Å². The Labute approximate surface area is 107 Å². The lowest BCUT2D eigenvalue weighted by atomic mass is 10.3. The zero-order valence-electron chi connectivity index (χ0n) is 10.4. The maximum Gasteiger partial charge on any atom is 0.319 e. The Morgan fingerprint density at radius 3 is 2.95 bits per heavy atom. The van der Waals surface area contributed by atoms with Gasteiger partial charge in [0.05, 0.1) is 17.2 Å². The lowest BCUT2D eigenvalue weighted by molar-refractivity contribution is -0.385. The van der Waals surface area contributed by atoms with Crippen LogP contribution in [0.2, 0.25) is 0 Å². The van der Waals surface area contributed by atoms with Crippen molar-refractivity contribution in [1.29, 1.82) is 0 Å². The Balaban J connectivity index is 2.05. The molecule has 9 nitrogen and oxygen atoms in total. The van der Waals surface area contributed by atoms with Crippen LogP contribution in [-0.2, 0) is 13.6 Å². The number of nitrogens with one attached hydrogen (secondary N) is 2. The van der Waals surface area contributed by atoms with Crippen LogP contribution in [0.15, 0.2) is 12.3 Å². The number of H-pyrrole nitrogens is 1. The van der Waals surface area contributed by atoms with Crippen molar-refractivity contribution in [3.05, 3.63) is 39.5 Å². The van der Waals surface area contributed by atoms with Gasteiger partial charge in [0.1, 0.15) is 6.20 Å². The zero-order valence-corrected chi connectivity index (χ0v) is 10.4. The van der Waals surface area contributed by atoms with Gasteiger partial charge in [-0.15, -0.1) is 0 Å². The number of aromatic nitrogens is 4. The molecule has 2 aromatic rings. The van der Waals surface area contributed by atoms with E-state index in [4.69, 9.17) is 0 Å². The van der Waals surface area contributed by atoms with Crippen molar-refractivity contribution in [2.75, 3.05) is 0 Å². The van der Waals surface area contributed by atoms with E-state index in [-0.39, 0.29) is 17.9 Å². The number of amides is 1. The second-order valence-electron chi connectivity index (χ2n) is 3.97. The summed E-state index contributed by atoms with van der Waals surface area (Å²) in [7, 11) is 1.79. The van der Waals surface area contributed by atoms with E-state index in [2.05, 4.69) is 20.6 Å². The van der Waals surface area contributed by atoms with Crippen molar-refractivity contribution in [3.63, 3.8) is 0 Å². The molecule has 0 saturated heterocycles. The molecule has 0 aliphatic rings. The van der Waals surface area contributed by atoms with E-state index >= 15 is 0 Å². The molecule has 0 bridgehead atoms. The van der Waals surface area contributed by atoms with E-state index in [9.17, 15) is 14.9 Å². The predicted molar refractivity (Wildman–Crippen MR) is 64.4 cm³/mol. The first-order valence-corrected chi connectivity index (χ1v) is 5.44. The second kappa shape index (κ2) is 4.88. The Hall–Kier alpha value is -2.71. The third-order valence-electron chi connectivity index (χ3n) is 2.64. The third-order valence-corrected chi connectivity index (χ3v) is 2.64. The molecule has 0 spiro atoms. The van der Waals surface area contributed by atoms with Crippen molar-refractivity contribution in [2.45, 2.75) is 13.5 Å². The van der Waals surface area contributed by atoms with Gasteiger partial charge in [-0.25, -0.2) is 0 Å². The monoisotopic (exact) mass is 264 g/mol. The molecule has 0 fully saturated rings. The molecular weight excluding hydrogens is 252 g/mol. The SMILES string of the molecule is Cc1cc(CNC(=O)c2[nH]ncc2[N+](=O)[O-])nn1C. The summed E-state index contributed by atoms with van der Waals surface area (Å²) in [5.41, 5.74) is 1.11. The quantitative estimate of drug-likeness (QED) is 0.607. The number of aromatic amines is 1. The van der Waals surface area contributed by atoms with E-state index in [0.717, 1.165) is 11.9 Å². The smallest absolute Gasteiger partial charge is 0.319 e. The minimum atomic E-state index is -0.663. The van der Waals surface area contributed by atoms with E-state index in [1.165, 1.54) is 0 Å². The Kier molecular flexibility index (Phi) is 3.27. The van der Waals surface area contributed by atoms with Gasteiger partial charge in [-0.2, -0.15) is 10.2 Å². The molecule has 0 aromatic carbocycles. The molecule has 19 heavy (non-hydrogen) atoms. The molecule has 100 valence electrons. The summed E-state index contributed by atoms with van der Waals surface area (Å²) in [6, 6.07) is 1.82. The van der Waals surface area contributed by atoms with Crippen LogP contribution < -0.4 is 5.32 Å². The van der Waals surface area contributed by atoms with Crippen molar-refractivity contribution in [3.8, 4) is 0 Å². The van der Waals surface area contributed by atoms with Gasteiger partial charge in [0, 0.05) is 12.7 Å². The number of hydrogen-bond acceptors (Lipinski definition) is 5. The molecule has 0 radical (unpaired) electrons. The van der Waals surface area contributed by atoms with Gasteiger partial charge in [-0.1, -0.05) is 0 Å². The maximum absolute atomic E-state index is 11.8. The summed E-state index contributed by atoms with van der Waals surface area (Å²) in [6.45, 7) is 2.08. The van der Waals surface area contributed by atoms with Crippen molar-refractivity contribution >= 4 is 11.6 Å². The van der Waals surface area contributed by atoms with Gasteiger partial charge < -0.3 is 5.32 Å². The molecule has 2 aromatic heterocycles. The van der Waals surface area contributed by atoms with Crippen LogP contribution in [-0.4, -0.2) is 30.8 Å². The molecule has 2 N–H and O–H groups in total. The molecular formula is C10H12N6O3. The zero-order chi connectivity index (χ0) is 14.0. The highest BCUT2D eigenvalue weighted by molar-refractivity contribution is 5.95. The summed E-state index contributed by atoms with van der Waals surface area (Å²) in [4.78, 5) is 21.8. The van der Waals surface area contributed by atoms with E-state index in [1.807, 2.05) is 13.0 Å². The molecule has 0 saturated carbocycles. The normalized spacial score (nSPS) is 10.4. The fraction of sp³-hybridized carbons (Fsp3) is 0.300. The molecule has 0 aliphatic heterocycles. The van der Waals surface area contributed by atoms with Crippen LogP contribution in [0.1, 0.15) is 21.9 Å². The number of nitrogens with zero attached hydrogens (tertiary/aromatic N) is 4. The number of hydrogen-bond donors (Lipinski definition) is 2. The summed E-state index contributed by atoms with van der Waals surface area (Å²) in [5, 5.41) is 23.2. The van der Waals surface area contributed by atoms with Crippen LogP contribution >= 0.6 is 0 Å². The van der Waals surface area contributed by atoms with Crippen LogP contribution in [0.4, 0.5) is 5.69 Å². The Morgan fingerprint density at radius 2 is 2.37 bits per heavy atom. The first-order valence-electron chi connectivity index (χ1n) is 5.44. The third kappa shape index (κ3) is 2.59. The topological polar surface area (TPSA) is 119 Å². The molecule has 2 heterocycles. The average Bonchev–Trinajstić information content (AvgIpc) is 2.94. The number of carbonyl (C=O) groups excluding carboxylic acids is 1. The van der Waals surface area contributed by atoms with Gasteiger partial charge >= 0.3 is 5.69 Å². The predicted octanol–water partition coefficient (Wildman–Crippen LogP) is 0.290. The lowest BCUT2D eigenvalue weighted by Gasteiger charge is -2.00. The van der Waals surface area contributed by atoms with E-state index < -0.39 is 10.8 Å². The highest BCUT2D eigenvalue weighted by Crippen LogP contribution is 2.14. The average molecular weight is 264 g/mol. The van der Waals surface area contributed by atoms with Crippen LogP contribution in [0.3, 0.4) is 0 Å². The summed E-state index contributed by atoms with van der Waals surface area (Å²) >= 11 is 0. The number of aryl methyl sites for hydroxylation is 2. The molecule has 9 heteroatoms. The fourth-order valence-corrected chi connectivity index (χ4v) is 1.57. The number of nitro groups is 1.